The third-order valence-corrected chi connectivity index (χ3v) is 5.07. The minimum Gasteiger partial charge on any atom is -0.309 e. The number of rotatable bonds is 2. The molecule has 0 aliphatic heterocycles. The highest BCUT2D eigenvalue weighted by molar-refractivity contribution is 6.11. The second-order valence-electron chi connectivity index (χ2n) is 6.67. The molecule has 0 amide bonds. The van der Waals surface area contributed by atoms with Gasteiger partial charge in [0.1, 0.15) is 0 Å². The van der Waals surface area contributed by atoms with E-state index in [9.17, 15) is 4.79 Å². The Hall–Kier alpha value is -3.39. The predicted octanol–water partition coefficient (Wildman–Crippen LogP) is 6.14. The van der Waals surface area contributed by atoms with Crippen molar-refractivity contribution in [2.24, 2.45) is 0 Å². The number of hydrogen-bond acceptors (Lipinski definition) is 1. The molecule has 5 aromatic rings. The molecule has 0 fully saturated rings. The molecule has 0 saturated heterocycles. The van der Waals surface area contributed by atoms with Crippen LogP contribution in [-0.2, 0) is 0 Å². The molecule has 0 aliphatic rings. The minimum absolute atomic E-state index is 0.0921. The number of hydrogen-bond donors (Lipinski definition) is 0. The van der Waals surface area contributed by atoms with Crippen LogP contribution in [-0.4, -0.2) is 10.4 Å². The van der Waals surface area contributed by atoms with E-state index < -0.39 is 0 Å². The molecule has 0 atom stereocenters. The summed E-state index contributed by atoms with van der Waals surface area (Å²) in [6, 6.07) is 29.3. The zero-order chi connectivity index (χ0) is 17.7. The molecule has 1 heterocycles. The zero-order valence-corrected chi connectivity index (χ0v) is 14.4. The van der Waals surface area contributed by atoms with Gasteiger partial charge in [-0.15, -0.1) is 0 Å². The Morgan fingerprint density at radius 2 is 1.42 bits per heavy atom. The first-order valence-electron chi connectivity index (χ1n) is 8.76. The molecule has 0 N–H and O–H groups in total. The first kappa shape index (κ1) is 14.9. The number of ketones is 1. The monoisotopic (exact) mass is 335 g/mol. The van der Waals surface area contributed by atoms with Gasteiger partial charge in [0, 0.05) is 22.0 Å². The standard InChI is InChI=1S/C24H17NO/c1-16(26)18-11-13-24-22(15-18)21-8-4-5-9-23(21)25(24)20-12-10-17-6-2-3-7-19(17)14-20/h2-15H,1H3. The highest BCUT2D eigenvalue weighted by Gasteiger charge is 2.13. The van der Waals surface area contributed by atoms with Gasteiger partial charge in [0.25, 0.3) is 0 Å². The Labute approximate surface area is 151 Å². The summed E-state index contributed by atoms with van der Waals surface area (Å²) in [7, 11) is 0. The van der Waals surface area contributed by atoms with E-state index >= 15 is 0 Å². The van der Waals surface area contributed by atoms with Crippen molar-refractivity contribution in [1.29, 1.82) is 0 Å². The number of para-hydroxylation sites is 1. The third-order valence-electron chi connectivity index (χ3n) is 5.07. The van der Waals surface area contributed by atoms with Crippen molar-refractivity contribution in [1.82, 2.24) is 4.57 Å². The highest BCUT2D eigenvalue weighted by atomic mass is 16.1. The van der Waals surface area contributed by atoms with Crippen molar-refractivity contribution in [3.05, 3.63) is 90.5 Å². The lowest BCUT2D eigenvalue weighted by molar-refractivity contribution is 0.101. The van der Waals surface area contributed by atoms with Crippen molar-refractivity contribution in [2.45, 2.75) is 6.92 Å². The van der Waals surface area contributed by atoms with E-state index in [1.54, 1.807) is 6.92 Å². The van der Waals surface area contributed by atoms with Crippen molar-refractivity contribution < 1.29 is 4.79 Å². The molecule has 0 radical (unpaired) electrons. The van der Waals surface area contributed by atoms with Gasteiger partial charge in [0.15, 0.2) is 5.78 Å². The molecule has 5 rings (SSSR count). The Morgan fingerprint density at radius 1 is 0.692 bits per heavy atom. The lowest BCUT2D eigenvalue weighted by Gasteiger charge is -2.09. The summed E-state index contributed by atoms with van der Waals surface area (Å²) in [5.41, 5.74) is 4.15. The van der Waals surface area contributed by atoms with Crippen LogP contribution in [0.2, 0.25) is 0 Å². The number of carbonyl (C=O) groups is 1. The summed E-state index contributed by atoms with van der Waals surface area (Å²) in [4.78, 5) is 11.8. The van der Waals surface area contributed by atoms with Crippen molar-refractivity contribution in [2.75, 3.05) is 0 Å². The van der Waals surface area contributed by atoms with Crippen LogP contribution in [0.25, 0.3) is 38.3 Å². The summed E-state index contributed by atoms with van der Waals surface area (Å²) >= 11 is 0. The van der Waals surface area contributed by atoms with E-state index in [4.69, 9.17) is 0 Å². The Balaban J connectivity index is 1.89. The maximum absolute atomic E-state index is 11.8. The van der Waals surface area contributed by atoms with Crippen LogP contribution in [0.3, 0.4) is 0 Å². The third kappa shape index (κ3) is 2.16. The number of benzene rings is 4. The number of fused-ring (bicyclic) bond motifs is 4. The highest BCUT2D eigenvalue weighted by Crippen LogP contribution is 2.33. The van der Waals surface area contributed by atoms with E-state index in [1.807, 2.05) is 18.2 Å². The van der Waals surface area contributed by atoms with Crippen LogP contribution in [0.1, 0.15) is 17.3 Å². The Morgan fingerprint density at radius 3 is 2.27 bits per heavy atom. The van der Waals surface area contributed by atoms with Crippen LogP contribution >= 0.6 is 0 Å². The van der Waals surface area contributed by atoms with Gasteiger partial charge in [0.05, 0.1) is 11.0 Å². The van der Waals surface area contributed by atoms with E-state index in [2.05, 4.69) is 71.3 Å². The average molecular weight is 335 g/mol. The van der Waals surface area contributed by atoms with Gasteiger partial charge in [-0.1, -0.05) is 48.5 Å². The molecule has 2 nitrogen and oxygen atoms in total. The fraction of sp³-hybridized carbons (Fsp3) is 0.0417. The van der Waals surface area contributed by atoms with E-state index in [0.29, 0.717) is 0 Å². The molecule has 1 aromatic heterocycles. The van der Waals surface area contributed by atoms with E-state index in [0.717, 1.165) is 27.7 Å². The van der Waals surface area contributed by atoms with Crippen molar-refractivity contribution >= 4 is 38.4 Å². The van der Waals surface area contributed by atoms with Crippen LogP contribution in [0.5, 0.6) is 0 Å². The topological polar surface area (TPSA) is 22.0 Å². The smallest absolute Gasteiger partial charge is 0.159 e. The lowest BCUT2D eigenvalue weighted by Crippen LogP contribution is -1.95. The molecular formula is C24H17NO. The van der Waals surface area contributed by atoms with E-state index in [-0.39, 0.29) is 5.78 Å². The quantitative estimate of drug-likeness (QED) is 0.355. The van der Waals surface area contributed by atoms with Gasteiger partial charge < -0.3 is 4.57 Å². The van der Waals surface area contributed by atoms with Crippen LogP contribution in [0.15, 0.2) is 84.9 Å². The molecule has 124 valence electrons. The molecule has 2 heteroatoms. The average Bonchev–Trinajstić information content (AvgIpc) is 3.01. The van der Waals surface area contributed by atoms with E-state index in [1.165, 1.54) is 16.2 Å². The minimum atomic E-state index is 0.0921. The first-order valence-corrected chi connectivity index (χ1v) is 8.76. The molecule has 4 aromatic carbocycles. The fourth-order valence-electron chi connectivity index (χ4n) is 3.79. The predicted molar refractivity (Wildman–Crippen MR) is 108 cm³/mol. The molecule has 0 aliphatic carbocycles. The summed E-state index contributed by atoms with van der Waals surface area (Å²) < 4.78 is 2.28. The summed E-state index contributed by atoms with van der Waals surface area (Å²) in [5.74, 6) is 0.0921. The maximum Gasteiger partial charge on any atom is 0.159 e. The number of aromatic nitrogens is 1. The largest absolute Gasteiger partial charge is 0.309 e. The van der Waals surface area contributed by atoms with Gasteiger partial charge in [-0.05, 0) is 54.1 Å². The molecule has 26 heavy (non-hydrogen) atoms. The summed E-state index contributed by atoms with van der Waals surface area (Å²) in [6.45, 7) is 1.61. The lowest BCUT2D eigenvalue weighted by atomic mass is 10.1. The fourth-order valence-corrected chi connectivity index (χ4v) is 3.79. The van der Waals surface area contributed by atoms with Gasteiger partial charge >= 0.3 is 0 Å². The van der Waals surface area contributed by atoms with Crippen LogP contribution < -0.4 is 0 Å². The maximum atomic E-state index is 11.8. The molecule has 0 spiro atoms. The van der Waals surface area contributed by atoms with Crippen molar-refractivity contribution in [3.63, 3.8) is 0 Å². The normalized spacial score (nSPS) is 11.4. The second-order valence-corrected chi connectivity index (χ2v) is 6.67. The SMILES string of the molecule is CC(=O)c1ccc2c(c1)c1ccccc1n2-c1ccc2ccccc2c1. The molecule has 0 saturated carbocycles. The zero-order valence-electron chi connectivity index (χ0n) is 14.4. The molecular weight excluding hydrogens is 318 g/mol. The summed E-state index contributed by atoms with van der Waals surface area (Å²) in [5, 5.41) is 4.73. The molecule has 0 unspecified atom stereocenters. The van der Waals surface area contributed by atoms with Crippen LogP contribution in [0.4, 0.5) is 0 Å². The van der Waals surface area contributed by atoms with Crippen molar-refractivity contribution in [3.8, 4) is 5.69 Å². The number of Topliss-reactive ketones (excluding diaryl/α,β-unsaturated/α-hetero) is 1. The number of carbonyl (C=O) groups excluding carboxylic acids is 1. The first-order chi connectivity index (χ1) is 12.7. The van der Waals surface area contributed by atoms with Gasteiger partial charge in [0.2, 0.25) is 0 Å². The van der Waals surface area contributed by atoms with Gasteiger partial charge in [-0.2, -0.15) is 0 Å². The Bertz CT molecular complexity index is 1310. The van der Waals surface area contributed by atoms with Gasteiger partial charge in [-0.25, -0.2) is 0 Å². The molecule has 0 bridgehead atoms. The van der Waals surface area contributed by atoms with Gasteiger partial charge in [-0.3, -0.25) is 4.79 Å². The Kier molecular flexibility index (Phi) is 3.19. The number of nitrogens with zero attached hydrogens (tertiary/aromatic N) is 1. The summed E-state index contributed by atoms with van der Waals surface area (Å²) in [6.07, 6.45) is 0. The second kappa shape index (κ2) is 5.57. The van der Waals surface area contributed by atoms with Crippen LogP contribution in [0, 0.1) is 0 Å².